The fourth-order valence-corrected chi connectivity index (χ4v) is 2.27. The minimum absolute atomic E-state index is 0.262. The van der Waals surface area contributed by atoms with Crippen molar-refractivity contribution in [3.05, 3.63) is 35.5 Å². The highest BCUT2D eigenvalue weighted by atomic mass is 16.1. The summed E-state index contributed by atoms with van der Waals surface area (Å²) in [6.07, 6.45) is 3.57. The first kappa shape index (κ1) is 12.9. The van der Waals surface area contributed by atoms with E-state index in [2.05, 4.69) is 39.0 Å². The zero-order chi connectivity index (χ0) is 13.3. The van der Waals surface area contributed by atoms with Crippen molar-refractivity contribution in [3.63, 3.8) is 0 Å². The molecule has 1 aromatic heterocycles. The maximum Gasteiger partial charge on any atom is 0.165 e. The number of hydrogen-bond donors (Lipinski definition) is 0. The highest BCUT2D eigenvalue weighted by Crippen LogP contribution is 2.23. The van der Waals surface area contributed by atoms with Gasteiger partial charge in [0, 0.05) is 36.1 Å². The van der Waals surface area contributed by atoms with Crippen LogP contribution in [-0.4, -0.2) is 10.4 Å². The Balaban J connectivity index is 2.37. The number of carbonyl (C=O) groups is 1. The highest BCUT2D eigenvalue weighted by molar-refractivity contribution is 6.08. The number of Topliss-reactive ketones (excluding diaryl/α,β-unsaturated/α-hetero) is 1. The van der Waals surface area contributed by atoms with Crippen LogP contribution in [0.2, 0.25) is 0 Å². The van der Waals surface area contributed by atoms with E-state index in [1.54, 1.807) is 0 Å². The lowest BCUT2D eigenvalue weighted by Crippen LogP contribution is -2.00. The molecule has 18 heavy (non-hydrogen) atoms. The first-order valence-corrected chi connectivity index (χ1v) is 6.58. The number of nitrogens with zero attached hydrogens (tertiary/aromatic N) is 1. The molecule has 0 radical (unpaired) electrons. The van der Waals surface area contributed by atoms with Gasteiger partial charge in [0.2, 0.25) is 0 Å². The van der Waals surface area contributed by atoms with E-state index < -0.39 is 0 Å². The van der Waals surface area contributed by atoms with Gasteiger partial charge in [-0.1, -0.05) is 26.0 Å². The molecule has 96 valence electrons. The van der Waals surface area contributed by atoms with Gasteiger partial charge in [-0.2, -0.15) is 0 Å². The van der Waals surface area contributed by atoms with Gasteiger partial charge in [0.25, 0.3) is 0 Å². The summed E-state index contributed by atoms with van der Waals surface area (Å²) in [6, 6.07) is 6.27. The minimum Gasteiger partial charge on any atom is -0.350 e. The Morgan fingerprint density at radius 3 is 2.72 bits per heavy atom. The van der Waals surface area contributed by atoms with Crippen molar-refractivity contribution in [1.82, 2.24) is 4.57 Å². The zero-order valence-electron chi connectivity index (χ0n) is 11.7. The van der Waals surface area contributed by atoms with Crippen LogP contribution >= 0.6 is 0 Å². The van der Waals surface area contributed by atoms with Crippen LogP contribution in [0.15, 0.2) is 24.4 Å². The van der Waals surface area contributed by atoms with E-state index in [0.29, 0.717) is 12.3 Å². The average molecular weight is 243 g/mol. The molecule has 0 saturated heterocycles. The summed E-state index contributed by atoms with van der Waals surface area (Å²) in [5, 5.41) is 1.08. The second-order valence-electron chi connectivity index (χ2n) is 5.53. The van der Waals surface area contributed by atoms with Crippen LogP contribution in [0.5, 0.6) is 0 Å². The summed E-state index contributed by atoms with van der Waals surface area (Å²) in [7, 11) is 2.00. The lowest BCUT2D eigenvalue weighted by atomic mass is 10.0. The van der Waals surface area contributed by atoms with Gasteiger partial charge in [-0.25, -0.2) is 0 Å². The number of ketones is 1. The minimum atomic E-state index is 0.262. The van der Waals surface area contributed by atoms with Crippen molar-refractivity contribution < 1.29 is 4.79 Å². The van der Waals surface area contributed by atoms with Gasteiger partial charge in [-0.15, -0.1) is 0 Å². The Bertz CT molecular complexity index is 578. The van der Waals surface area contributed by atoms with Crippen LogP contribution in [0.4, 0.5) is 0 Å². The van der Waals surface area contributed by atoms with E-state index in [9.17, 15) is 4.79 Å². The topological polar surface area (TPSA) is 22.0 Å². The molecule has 0 aliphatic carbocycles. The largest absolute Gasteiger partial charge is 0.350 e. The van der Waals surface area contributed by atoms with E-state index in [4.69, 9.17) is 0 Å². The third-order valence-corrected chi connectivity index (χ3v) is 3.40. The van der Waals surface area contributed by atoms with E-state index in [0.717, 1.165) is 22.9 Å². The normalized spacial score (nSPS) is 11.4. The van der Waals surface area contributed by atoms with Crippen LogP contribution in [0.3, 0.4) is 0 Å². The van der Waals surface area contributed by atoms with Gasteiger partial charge >= 0.3 is 0 Å². The summed E-state index contributed by atoms with van der Waals surface area (Å²) in [4.78, 5) is 12.2. The second kappa shape index (κ2) is 4.97. The Morgan fingerprint density at radius 2 is 2.06 bits per heavy atom. The maximum atomic E-state index is 12.2. The molecule has 1 heterocycles. The van der Waals surface area contributed by atoms with Crippen LogP contribution < -0.4 is 0 Å². The monoisotopic (exact) mass is 243 g/mol. The number of carbonyl (C=O) groups excluding carboxylic acids is 1. The molecule has 2 rings (SSSR count). The molecule has 0 N–H and O–H groups in total. The fraction of sp³-hybridized carbons (Fsp3) is 0.438. The molecule has 0 saturated carbocycles. The summed E-state index contributed by atoms with van der Waals surface area (Å²) in [5.74, 6) is 0.837. The quantitative estimate of drug-likeness (QED) is 0.741. The maximum absolute atomic E-state index is 12.2. The van der Waals surface area contributed by atoms with Crippen LogP contribution in [0.25, 0.3) is 10.9 Å². The number of aromatic nitrogens is 1. The predicted octanol–water partition coefficient (Wildman–Crippen LogP) is 4.11. The Hall–Kier alpha value is -1.57. The molecule has 0 bridgehead atoms. The first-order valence-electron chi connectivity index (χ1n) is 6.58. The molecule has 0 amide bonds. The molecule has 0 spiro atoms. The molecule has 0 fully saturated rings. The molecule has 0 unspecified atom stereocenters. The van der Waals surface area contributed by atoms with Crippen molar-refractivity contribution in [1.29, 1.82) is 0 Å². The molecule has 0 aliphatic heterocycles. The lowest BCUT2D eigenvalue weighted by molar-refractivity contribution is 0.0977. The molecule has 1 aromatic carbocycles. The summed E-state index contributed by atoms with van der Waals surface area (Å²) in [5.41, 5.74) is 3.24. The summed E-state index contributed by atoms with van der Waals surface area (Å²) < 4.78 is 2.05. The Morgan fingerprint density at radius 1 is 1.33 bits per heavy atom. The van der Waals surface area contributed by atoms with Gasteiger partial charge in [-0.3, -0.25) is 4.79 Å². The van der Waals surface area contributed by atoms with Crippen molar-refractivity contribution >= 4 is 16.7 Å². The summed E-state index contributed by atoms with van der Waals surface area (Å²) in [6.45, 7) is 6.38. The van der Waals surface area contributed by atoms with Crippen LogP contribution in [-0.2, 0) is 7.05 Å². The second-order valence-corrected chi connectivity index (χ2v) is 5.53. The highest BCUT2D eigenvalue weighted by Gasteiger charge is 2.14. The van der Waals surface area contributed by atoms with Gasteiger partial charge in [0.1, 0.15) is 0 Å². The van der Waals surface area contributed by atoms with E-state index in [-0.39, 0.29) is 5.78 Å². The number of benzene rings is 1. The predicted molar refractivity (Wildman–Crippen MR) is 76.1 cm³/mol. The van der Waals surface area contributed by atoms with Gasteiger partial charge in [-0.05, 0) is 30.9 Å². The van der Waals surface area contributed by atoms with Crippen molar-refractivity contribution in [2.75, 3.05) is 0 Å². The standard InChI is InChI=1S/C16H21NO/c1-11(2)5-8-16(18)14-10-17(4)15-9-12(3)6-7-13(14)15/h6-7,9-11H,5,8H2,1-4H3. The van der Waals surface area contributed by atoms with E-state index in [1.165, 1.54) is 5.56 Å². The fourth-order valence-electron chi connectivity index (χ4n) is 2.27. The number of fused-ring (bicyclic) bond motifs is 1. The van der Waals surface area contributed by atoms with E-state index >= 15 is 0 Å². The lowest BCUT2D eigenvalue weighted by Gasteiger charge is -2.03. The average Bonchev–Trinajstić information content (AvgIpc) is 2.63. The smallest absolute Gasteiger partial charge is 0.165 e. The molecular weight excluding hydrogens is 222 g/mol. The Kier molecular flexibility index (Phi) is 3.55. The van der Waals surface area contributed by atoms with Gasteiger partial charge < -0.3 is 4.57 Å². The SMILES string of the molecule is Cc1ccc2c(C(=O)CCC(C)C)cn(C)c2c1. The molecular formula is C16H21NO. The first-order chi connectivity index (χ1) is 8.49. The van der Waals surface area contributed by atoms with Crippen LogP contribution in [0, 0.1) is 12.8 Å². The molecule has 0 atom stereocenters. The third-order valence-electron chi connectivity index (χ3n) is 3.40. The van der Waals surface area contributed by atoms with Crippen LogP contribution in [0.1, 0.15) is 42.6 Å². The summed E-state index contributed by atoms with van der Waals surface area (Å²) >= 11 is 0. The Labute approximate surface area is 109 Å². The van der Waals surface area contributed by atoms with Gasteiger partial charge in [0.15, 0.2) is 5.78 Å². The number of aryl methyl sites for hydroxylation is 2. The number of hydrogen-bond acceptors (Lipinski definition) is 1. The molecule has 2 nitrogen and oxygen atoms in total. The number of rotatable bonds is 4. The molecule has 2 heteroatoms. The van der Waals surface area contributed by atoms with Gasteiger partial charge in [0.05, 0.1) is 0 Å². The third kappa shape index (κ3) is 2.47. The zero-order valence-corrected chi connectivity index (χ0v) is 11.7. The molecule has 2 aromatic rings. The van der Waals surface area contributed by atoms with E-state index in [1.807, 2.05) is 17.8 Å². The van der Waals surface area contributed by atoms with Crippen molar-refractivity contribution in [3.8, 4) is 0 Å². The van der Waals surface area contributed by atoms with Crippen molar-refractivity contribution in [2.24, 2.45) is 13.0 Å². The molecule has 0 aliphatic rings. The van der Waals surface area contributed by atoms with Crippen molar-refractivity contribution in [2.45, 2.75) is 33.6 Å².